The van der Waals surface area contributed by atoms with Crippen LogP contribution < -0.4 is 10.2 Å². The number of hydrogen-bond acceptors (Lipinski definition) is 6. The molecule has 0 saturated carbocycles. The van der Waals surface area contributed by atoms with E-state index >= 15 is 0 Å². The number of anilines is 1. The number of benzene rings is 1. The Hall–Kier alpha value is -2.90. The molecule has 0 amide bonds. The summed E-state index contributed by atoms with van der Waals surface area (Å²) in [4.78, 5) is 11.6. The molecule has 30 heavy (non-hydrogen) atoms. The van der Waals surface area contributed by atoms with Crippen molar-refractivity contribution in [3.63, 3.8) is 0 Å². The summed E-state index contributed by atoms with van der Waals surface area (Å²) >= 11 is 6.78. The van der Waals surface area contributed by atoms with E-state index in [1.165, 1.54) is 0 Å². The number of phenolic OH excluding ortho intramolecular Hbond substituents is 1. The van der Waals surface area contributed by atoms with Gasteiger partial charge in [0.25, 0.3) is 0 Å². The van der Waals surface area contributed by atoms with Crippen molar-refractivity contribution in [1.29, 1.82) is 0 Å². The van der Waals surface area contributed by atoms with Crippen molar-refractivity contribution < 1.29 is 5.11 Å². The number of phenols is 1. The summed E-state index contributed by atoms with van der Waals surface area (Å²) in [7, 11) is 1.86. The van der Waals surface area contributed by atoms with Crippen LogP contribution >= 0.6 is 11.6 Å². The lowest BCUT2D eigenvalue weighted by molar-refractivity contribution is 0.407. The average molecular weight is 423 g/mol. The molecule has 0 aliphatic carbocycles. The molecule has 0 unspecified atom stereocenters. The van der Waals surface area contributed by atoms with Crippen LogP contribution in [0.3, 0.4) is 0 Å². The largest absolute Gasteiger partial charge is 0.507 e. The Morgan fingerprint density at radius 3 is 2.70 bits per heavy atom. The van der Waals surface area contributed by atoms with Crippen LogP contribution in [0.1, 0.15) is 13.8 Å². The summed E-state index contributed by atoms with van der Waals surface area (Å²) in [6.45, 7) is 6.10. The Morgan fingerprint density at radius 1 is 1.17 bits per heavy atom. The molecule has 3 aromatic heterocycles. The number of fused-ring (bicyclic) bond motifs is 2. The van der Waals surface area contributed by atoms with E-state index in [2.05, 4.69) is 39.1 Å². The van der Waals surface area contributed by atoms with E-state index in [1.807, 2.05) is 31.4 Å². The van der Waals surface area contributed by atoms with Crippen molar-refractivity contribution in [2.24, 2.45) is 7.05 Å². The van der Waals surface area contributed by atoms with Crippen LogP contribution in [0.25, 0.3) is 33.2 Å². The molecule has 1 aliphatic heterocycles. The van der Waals surface area contributed by atoms with Gasteiger partial charge in [0.1, 0.15) is 5.75 Å². The van der Waals surface area contributed by atoms with Crippen molar-refractivity contribution in [3.05, 3.63) is 41.7 Å². The highest BCUT2D eigenvalue weighted by atomic mass is 35.5. The zero-order chi connectivity index (χ0) is 21.0. The smallest absolute Gasteiger partial charge is 0.161 e. The van der Waals surface area contributed by atoms with Gasteiger partial charge in [-0.25, -0.2) is 9.97 Å². The van der Waals surface area contributed by atoms with Crippen molar-refractivity contribution in [2.45, 2.75) is 25.9 Å². The first-order valence-electron chi connectivity index (χ1n) is 10.0. The van der Waals surface area contributed by atoms with Gasteiger partial charge in [0.2, 0.25) is 0 Å². The van der Waals surface area contributed by atoms with E-state index in [0.717, 1.165) is 35.1 Å². The standard InChI is InChI=1S/C22H23ClN6O/c1-12-9-29(10-13(2)25-12)19-8-24-22-15(21(19)23)4-5-17(26-22)16-6-14-11-28(3)27-18(14)7-20(16)30/h4-8,11-13,25,30H,9-10H2,1-3H3/t12-,13+. The predicted molar refractivity (Wildman–Crippen MR) is 120 cm³/mol. The van der Waals surface area contributed by atoms with Gasteiger partial charge in [-0.3, -0.25) is 4.68 Å². The number of rotatable bonds is 2. The number of aryl methyl sites for hydroxylation is 1. The van der Waals surface area contributed by atoms with Crippen molar-refractivity contribution in [2.75, 3.05) is 18.0 Å². The van der Waals surface area contributed by atoms with Gasteiger partial charge in [-0.1, -0.05) is 11.6 Å². The SMILES string of the molecule is C[C@@H]1CN(c2cnc3nc(-c4cc5cn(C)nc5cc4O)ccc3c2Cl)C[C@H](C)N1. The topological polar surface area (TPSA) is 79.1 Å². The molecule has 4 aromatic rings. The number of piperazine rings is 1. The fraction of sp³-hybridized carbons (Fsp3) is 0.318. The second-order valence-corrected chi connectivity index (χ2v) is 8.51. The fourth-order valence-corrected chi connectivity index (χ4v) is 4.63. The number of aromatic hydroxyl groups is 1. The van der Waals surface area contributed by atoms with Crippen LogP contribution in [-0.2, 0) is 7.05 Å². The third-order valence-electron chi connectivity index (χ3n) is 5.56. The molecular formula is C22H23ClN6O. The minimum atomic E-state index is 0.138. The molecule has 0 bridgehead atoms. The second kappa shape index (κ2) is 7.11. The van der Waals surface area contributed by atoms with Crippen molar-refractivity contribution in [1.82, 2.24) is 25.1 Å². The molecule has 5 rings (SSSR count). The van der Waals surface area contributed by atoms with Crippen LogP contribution in [0.5, 0.6) is 5.75 Å². The third kappa shape index (κ3) is 3.24. The summed E-state index contributed by atoms with van der Waals surface area (Å²) < 4.78 is 1.72. The van der Waals surface area contributed by atoms with Crippen molar-refractivity contribution in [3.8, 4) is 17.0 Å². The zero-order valence-corrected chi connectivity index (χ0v) is 17.9. The van der Waals surface area contributed by atoms with Crippen molar-refractivity contribution >= 4 is 39.2 Å². The lowest BCUT2D eigenvalue weighted by Crippen LogP contribution is -2.54. The van der Waals surface area contributed by atoms with E-state index in [0.29, 0.717) is 34.0 Å². The lowest BCUT2D eigenvalue weighted by Gasteiger charge is -2.37. The molecule has 2 N–H and O–H groups in total. The van der Waals surface area contributed by atoms with Gasteiger partial charge in [0.15, 0.2) is 5.65 Å². The van der Waals surface area contributed by atoms with E-state index in [4.69, 9.17) is 11.6 Å². The minimum Gasteiger partial charge on any atom is -0.507 e. The van der Waals surface area contributed by atoms with Gasteiger partial charge in [0, 0.05) is 60.8 Å². The minimum absolute atomic E-state index is 0.138. The average Bonchev–Trinajstić information content (AvgIpc) is 3.05. The maximum atomic E-state index is 10.5. The van der Waals surface area contributed by atoms with Crippen LogP contribution in [0.2, 0.25) is 5.02 Å². The van der Waals surface area contributed by atoms with Crippen LogP contribution in [0.4, 0.5) is 5.69 Å². The molecular weight excluding hydrogens is 400 g/mol. The molecule has 1 saturated heterocycles. The fourth-order valence-electron chi connectivity index (χ4n) is 4.32. The Morgan fingerprint density at radius 2 is 1.93 bits per heavy atom. The van der Waals surface area contributed by atoms with Gasteiger partial charge in [-0.15, -0.1) is 0 Å². The predicted octanol–water partition coefficient (Wildman–Crippen LogP) is 3.73. The Balaban J connectivity index is 1.56. The molecule has 4 heterocycles. The number of aromatic nitrogens is 4. The number of pyridine rings is 2. The summed E-state index contributed by atoms with van der Waals surface area (Å²) in [6.07, 6.45) is 3.71. The van der Waals surface area contributed by atoms with Crippen LogP contribution in [0, 0.1) is 0 Å². The van der Waals surface area contributed by atoms with Gasteiger partial charge in [0.05, 0.1) is 28.1 Å². The van der Waals surface area contributed by atoms with Gasteiger partial charge >= 0.3 is 0 Å². The molecule has 7 nitrogen and oxygen atoms in total. The Labute approximate surface area is 179 Å². The Bertz CT molecular complexity index is 1260. The van der Waals surface area contributed by atoms with Crippen LogP contribution in [0.15, 0.2) is 36.7 Å². The summed E-state index contributed by atoms with van der Waals surface area (Å²) in [5, 5.41) is 20.8. The highest BCUT2D eigenvalue weighted by Gasteiger charge is 2.24. The maximum Gasteiger partial charge on any atom is 0.161 e. The van der Waals surface area contributed by atoms with Crippen LogP contribution in [-0.4, -0.2) is 50.0 Å². The molecule has 2 atom stereocenters. The monoisotopic (exact) mass is 422 g/mol. The molecule has 0 radical (unpaired) electrons. The number of hydrogen-bond donors (Lipinski definition) is 2. The van der Waals surface area contributed by atoms with E-state index in [9.17, 15) is 5.11 Å². The zero-order valence-electron chi connectivity index (χ0n) is 17.1. The first-order valence-corrected chi connectivity index (χ1v) is 10.4. The first-order chi connectivity index (χ1) is 14.4. The van der Waals surface area contributed by atoms with E-state index < -0.39 is 0 Å². The van der Waals surface area contributed by atoms with Gasteiger partial charge in [-0.05, 0) is 32.0 Å². The highest BCUT2D eigenvalue weighted by molar-refractivity contribution is 6.37. The van der Waals surface area contributed by atoms with E-state index in [1.54, 1.807) is 16.9 Å². The van der Waals surface area contributed by atoms with Gasteiger partial charge in [-0.2, -0.15) is 5.10 Å². The number of nitrogens with one attached hydrogen (secondary N) is 1. The van der Waals surface area contributed by atoms with E-state index in [-0.39, 0.29) is 5.75 Å². The number of nitrogens with zero attached hydrogens (tertiary/aromatic N) is 5. The molecule has 1 aromatic carbocycles. The molecule has 8 heteroatoms. The summed E-state index contributed by atoms with van der Waals surface area (Å²) in [6, 6.07) is 8.12. The number of halogens is 1. The normalized spacial score (nSPS) is 19.7. The maximum absolute atomic E-state index is 10.5. The third-order valence-corrected chi connectivity index (χ3v) is 5.95. The Kier molecular flexibility index (Phi) is 4.52. The lowest BCUT2D eigenvalue weighted by atomic mass is 10.1. The molecule has 154 valence electrons. The molecule has 1 aliphatic rings. The second-order valence-electron chi connectivity index (χ2n) is 8.13. The first kappa shape index (κ1) is 19.1. The van der Waals surface area contributed by atoms with Gasteiger partial charge < -0.3 is 15.3 Å². The molecule has 1 fully saturated rings. The molecule has 0 spiro atoms. The quantitative estimate of drug-likeness (QED) is 0.512. The summed E-state index contributed by atoms with van der Waals surface area (Å²) in [5.41, 5.74) is 3.52. The summed E-state index contributed by atoms with van der Waals surface area (Å²) in [5.74, 6) is 0.138. The highest BCUT2D eigenvalue weighted by Crippen LogP contribution is 2.36.